The number of halogens is 2. The molecule has 0 saturated heterocycles. The number of carbonyl (C=O) groups is 2. The Morgan fingerprint density at radius 2 is 1.97 bits per heavy atom. The van der Waals surface area contributed by atoms with Crippen LogP contribution < -0.4 is 10.2 Å². The molecule has 0 fully saturated rings. The second kappa shape index (κ2) is 7.29. The van der Waals surface area contributed by atoms with Crippen LogP contribution in [0.2, 0.25) is 5.02 Å². The Balaban J connectivity index is 1.69. The molecule has 0 radical (unpaired) electrons. The van der Waals surface area contributed by atoms with Gasteiger partial charge in [0.25, 0.3) is 11.8 Å². The number of hydrogen-bond donors (Lipinski definition) is 1. The van der Waals surface area contributed by atoms with Crippen molar-refractivity contribution in [2.45, 2.75) is 19.9 Å². The fourth-order valence-corrected chi connectivity index (χ4v) is 3.41. The smallest absolute Gasteiger partial charge is 0.277 e. The standard InChI is InChI=1S/C20H17ClFN5O2/c1-11-10-26(14-5-3-13(21)4-6-14)20(29)18-15(7-24-27(11)18)19(28)25-17-9-23-8-16(22)12(17)2/h3-9,11H,10H2,1-2H3,(H,25,28)/t11-/m0/s1. The van der Waals surface area contributed by atoms with E-state index in [1.54, 1.807) is 33.8 Å². The first-order valence-corrected chi connectivity index (χ1v) is 9.31. The predicted molar refractivity (Wildman–Crippen MR) is 107 cm³/mol. The predicted octanol–water partition coefficient (Wildman–Crippen LogP) is 3.85. The molecule has 1 aliphatic rings. The highest BCUT2D eigenvalue weighted by Gasteiger charge is 2.35. The van der Waals surface area contributed by atoms with Crippen molar-refractivity contribution in [3.8, 4) is 0 Å². The Kier molecular flexibility index (Phi) is 4.79. The maximum atomic E-state index is 13.7. The van der Waals surface area contributed by atoms with Crippen LogP contribution >= 0.6 is 11.6 Å². The topological polar surface area (TPSA) is 80.1 Å². The zero-order valence-corrected chi connectivity index (χ0v) is 16.4. The van der Waals surface area contributed by atoms with E-state index >= 15 is 0 Å². The number of nitrogens with zero attached hydrogens (tertiary/aromatic N) is 4. The van der Waals surface area contributed by atoms with Gasteiger partial charge in [0.1, 0.15) is 11.5 Å². The number of rotatable bonds is 3. The Hall–Kier alpha value is -3.26. The average Bonchev–Trinajstić information content (AvgIpc) is 3.15. The molecule has 0 saturated carbocycles. The van der Waals surface area contributed by atoms with Gasteiger partial charge in [-0.15, -0.1) is 0 Å². The molecule has 2 amide bonds. The van der Waals surface area contributed by atoms with E-state index in [1.165, 1.54) is 19.3 Å². The molecule has 2 aromatic heterocycles. The van der Waals surface area contributed by atoms with Crippen molar-refractivity contribution in [2.24, 2.45) is 0 Å². The van der Waals surface area contributed by atoms with E-state index in [0.717, 1.165) is 6.20 Å². The molecule has 1 aromatic carbocycles. The summed E-state index contributed by atoms with van der Waals surface area (Å²) < 4.78 is 15.3. The van der Waals surface area contributed by atoms with Crippen LogP contribution in [0.4, 0.5) is 15.8 Å². The van der Waals surface area contributed by atoms with Gasteiger partial charge in [0.05, 0.1) is 35.9 Å². The quantitative estimate of drug-likeness (QED) is 0.707. The van der Waals surface area contributed by atoms with Crippen molar-refractivity contribution < 1.29 is 14.0 Å². The molecule has 0 bridgehead atoms. The van der Waals surface area contributed by atoms with Gasteiger partial charge in [0.2, 0.25) is 0 Å². The first-order valence-electron chi connectivity index (χ1n) is 8.93. The van der Waals surface area contributed by atoms with Crippen LogP contribution in [-0.4, -0.2) is 33.1 Å². The van der Waals surface area contributed by atoms with Crippen LogP contribution in [0.25, 0.3) is 0 Å². The summed E-state index contributed by atoms with van der Waals surface area (Å²) in [5, 5.41) is 7.41. The van der Waals surface area contributed by atoms with Gasteiger partial charge < -0.3 is 10.2 Å². The molecule has 1 atom stereocenters. The van der Waals surface area contributed by atoms with Crippen LogP contribution in [0.3, 0.4) is 0 Å². The van der Waals surface area contributed by atoms with Gasteiger partial charge in [-0.05, 0) is 38.1 Å². The minimum absolute atomic E-state index is 0.115. The molecule has 9 heteroatoms. The van der Waals surface area contributed by atoms with Crippen molar-refractivity contribution in [3.63, 3.8) is 0 Å². The van der Waals surface area contributed by atoms with E-state index < -0.39 is 11.7 Å². The van der Waals surface area contributed by atoms with Crippen LogP contribution in [0.15, 0.2) is 42.9 Å². The van der Waals surface area contributed by atoms with E-state index in [2.05, 4.69) is 15.4 Å². The third-order valence-electron chi connectivity index (χ3n) is 4.89. The number of anilines is 2. The minimum Gasteiger partial charge on any atom is -0.320 e. The number of nitrogens with one attached hydrogen (secondary N) is 1. The van der Waals surface area contributed by atoms with E-state index in [1.807, 2.05) is 6.92 Å². The van der Waals surface area contributed by atoms with Crippen molar-refractivity contribution >= 4 is 34.8 Å². The van der Waals surface area contributed by atoms with E-state index in [9.17, 15) is 14.0 Å². The van der Waals surface area contributed by atoms with Crippen molar-refractivity contribution in [2.75, 3.05) is 16.8 Å². The summed E-state index contributed by atoms with van der Waals surface area (Å²) in [6.07, 6.45) is 3.78. The monoisotopic (exact) mass is 413 g/mol. The third kappa shape index (κ3) is 3.36. The van der Waals surface area contributed by atoms with Crippen LogP contribution in [0, 0.1) is 12.7 Å². The van der Waals surface area contributed by atoms with Crippen molar-refractivity contribution in [1.29, 1.82) is 0 Å². The van der Waals surface area contributed by atoms with Crippen LogP contribution in [-0.2, 0) is 0 Å². The van der Waals surface area contributed by atoms with Gasteiger partial charge >= 0.3 is 0 Å². The molecule has 0 unspecified atom stereocenters. The molecule has 1 aliphatic heterocycles. The summed E-state index contributed by atoms with van der Waals surface area (Å²) in [4.78, 5) is 31.4. The Bertz CT molecular complexity index is 1110. The summed E-state index contributed by atoms with van der Waals surface area (Å²) in [7, 11) is 0. The Labute approximate surface area is 171 Å². The lowest BCUT2D eigenvalue weighted by Gasteiger charge is -2.32. The normalized spacial score (nSPS) is 15.9. The lowest BCUT2D eigenvalue weighted by Crippen LogP contribution is -2.43. The molecular weight excluding hydrogens is 397 g/mol. The molecule has 0 spiro atoms. The van der Waals surface area contributed by atoms with E-state index in [4.69, 9.17) is 11.6 Å². The van der Waals surface area contributed by atoms with Gasteiger partial charge in [-0.1, -0.05) is 11.6 Å². The summed E-state index contributed by atoms with van der Waals surface area (Å²) >= 11 is 5.94. The lowest BCUT2D eigenvalue weighted by atomic mass is 10.1. The maximum Gasteiger partial charge on any atom is 0.277 e. The molecule has 4 rings (SSSR count). The van der Waals surface area contributed by atoms with Gasteiger partial charge in [-0.3, -0.25) is 19.3 Å². The molecule has 3 aromatic rings. The second-order valence-corrected chi connectivity index (χ2v) is 7.28. The Morgan fingerprint density at radius 1 is 1.24 bits per heavy atom. The van der Waals surface area contributed by atoms with Gasteiger partial charge in [-0.25, -0.2) is 4.39 Å². The third-order valence-corrected chi connectivity index (χ3v) is 5.14. The molecular formula is C20H17ClFN5O2. The maximum absolute atomic E-state index is 13.7. The second-order valence-electron chi connectivity index (χ2n) is 6.84. The number of aromatic nitrogens is 3. The zero-order valence-electron chi connectivity index (χ0n) is 15.7. The van der Waals surface area contributed by atoms with E-state index in [0.29, 0.717) is 17.3 Å². The Morgan fingerprint density at radius 3 is 2.69 bits per heavy atom. The van der Waals surface area contributed by atoms with Gasteiger partial charge in [0, 0.05) is 22.8 Å². The van der Waals surface area contributed by atoms with Crippen LogP contribution in [0.5, 0.6) is 0 Å². The zero-order chi connectivity index (χ0) is 20.7. The summed E-state index contributed by atoms with van der Waals surface area (Å²) in [5.74, 6) is -1.43. The van der Waals surface area contributed by atoms with E-state index in [-0.39, 0.29) is 34.5 Å². The average molecular weight is 414 g/mol. The first kappa shape index (κ1) is 19.1. The first-order chi connectivity index (χ1) is 13.9. The highest BCUT2D eigenvalue weighted by Crippen LogP contribution is 2.29. The summed E-state index contributed by atoms with van der Waals surface area (Å²) in [6.45, 7) is 3.85. The largest absolute Gasteiger partial charge is 0.320 e. The molecule has 7 nitrogen and oxygen atoms in total. The van der Waals surface area contributed by atoms with Crippen molar-refractivity contribution in [3.05, 3.63) is 70.5 Å². The van der Waals surface area contributed by atoms with Crippen molar-refractivity contribution in [1.82, 2.24) is 14.8 Å². The van der Waals surface area contributed by atoms with Gasteiger partial charge in [0.15, 0.2) is 0 Å². The highest BCUT2D eigenvalue weighted by molar-refractivity contribution is 6.30. The number of fused-ring (bicyclic) bond motifs is 1. The highest BCUT2D eigenvalue weighted by atomic mass is 35.5. The number of carbonyl (C=O) groups excluding carboxylic acids is 2. The number of hydrogen-bond acceptors (Lipinski definition) is 4. The fraction of sp³-hybridized carbons (Fsp3) is 0.200. The summed E-state index contributed by atoms with van der Waals surface area (Å²) in [6, 6.07) is 6.76. The molecule has 29 heavy (non-hydrogen) atoms. The number of pyridine rings is 1. The number of amides is 2. The molecule has 0 aliphatic carbocycles. The minimum atomic E-state index is -0.555. The number of benzene rings is 1. The molecule has 148 valence electrons. The lowest BCUT2D eigenvalue weighted by molar-refractivity contribution is 0.0939. The van der Waals surface area contributed by atoms with Crippen LogP contribution in [0.1, 0.15) is 39.4 Å². The molecule has 1 N–H and O–H groups in total. The SMILES string of the molecule is Cc1c(F)cncc1NC(=O)c1cnn2c1C(=O)N(c1ccc(Cl)cc1)C[C@@H]2C. The fourth-order valence-electron chi connectivity index (χ4n) is 3.29. The summed E-state index contributed by atoms with van der Waals surface area (Å²) in [5.41, 5.74) is 1.47. The molecule has 3 heterocycles. The van der Waals surface area contributed by atoms with Gasteiger partial charge in [-0.2, -0.15) is 5.10 Å².